The molecule has 0 bridgehead atoms. The van der Waals surface area contributed by atoms with E-state index >= 15 is 0 Å². The van der Waals surface area contributed by atoms with Crippen molar-refractivity contribution in [2.45, 2.75) is 45.3 Å². The van der Waals surface area contributed by atoms with E-state index in [4.69, 9.17) is 4.42 Å². The first-order chi connectivity index (χ1) is 13.5. The molecule has 3 N–H and O–H groups in total. The molecule has 1 aromatic carbocycles. The molecule has 3 rings (SSSR count). The monoisotopic (exact) mass is 512 g/mol. The number of guanidine groups is 1. The van der Waals surface area contributed by atoms with Gasteiger partial charge in [-0.2, -0.15) is 0 Å². The first-order valence-electron chi connectivity index (χ1n) is 10.1. The zero-order valence-electron chi connectivity index (χ0n) is 17.5. The first kappa shape index (κ1) is 23.5. The van der Waals surface area contributed by atoms with Gasteiger partial charge in [-0.1, -0.05) is 17.7 Å². The minimum atomic E-state index is -1.13. The second-order valence-corrected chi connectivity index (χ2v) is 7.71. The largest absolute Gasteiger partial charge is 0.466 e. The van der Waals surface area contributed by atoms with Crippen LogP contribution in [0.4, 0.5) is 5.69 Å². The molecular weight excluding hydrogens is 479 g/mol. The van der Waals surface area contributed by atoms with Gasteiger partial charge >= 0.3 is 0 Å². The Bertz CT molecular complexity index is 760. The number of benzene rings is 1. The molecule has 1 fully saturated rings. The summed E-state index contributed by atoms with van der Waals surface area (Å²) in [5.74, 6) is 1.25. The number of anilines is 1. The van der Waals surface area contributed by atoms with Crippen LogP contribution in [0.2, 0.25) is 0 Å². The predicted molar refractivity (Wildman–Crippen MR) is 129 cm³/mol. The standard InChI is InChI=1S/C22H32N4O2.HI/c1-4-23-21(24-16-22(3,27)20-8-6-14-28-20)25-18-7-5-13-26(15-18)19-11-9-17(2)10-12-19;/h6,8-12,14,18,27H,4-5,7,13,15-16H2,1-3H3,(H2,23,24,25);1H. The highest BCUT2D eigenvalue weighted by atomic mass is 127. The lowest BCUT2D eigenvalue weighted by Gasteiger charge is -2.35. The smallest absolute Gasteiger partial charge is 0.191 e. The van der Waals surface area contributed by atoms with Crippen molar-refractivity contribution in [1.82, 2.24) is 10.6 Å². The van der Waals surface area contributed by atoms with Gasteiger partial charge in [-0.05, 0) is 57.9 Å². The van der Waals surface area contributed by atoms with E-state index in [0.29, 0.717) is 11.8 Å². The number of aliphatic imine (C=N–C) groups is 1. The summed E-state index contributed by atoms with van der Waals surface area (Å²) < 4.78 is 5.35. The topological polar surface area (TPSA) is 73.0 Å². The maximum absolute atomic E-state index is 10.6. The molecule has 1 aliphatic rings. The minimum absolute atomic E-state index is 0. The summed E-state index contributed by atoms with van der Waals surface area (Å²) >= 11 is 0. The second kappa shape index (κ2) is 10.9. The molecule has 2 aromatic rings. The molecule has 0 radical (unpaired) electrons. The van der Waals surface area contributed by atoms with Crippen LogP contribution in [0.3, 0.4) is 0 Å². The van der Waals surface area contributed by atoms with Crippen LogP contribution in [-0.2, 0) is 5.60 Å². The van der Waals surface area contributed by atoms with Gasteiger partial charge in [-0.3, -0.25) is 0 Å². The van der Waals surface area contributed by atoms with E-state index < -0.39 is 5.60 Å². The number of nitrogens with zero attached hydrogens (tertiary/aromatic N) is 2. The number of rotatable bonds is 6. The Morgan fingerprint density at radius 2 is 2.07 bits per heavy atom. The maximum Gasteiger partial charge on any atom is 0.191 e. The fourth-order valence-corrected chi connectivity index (χ4v) is 3.49. The van der Waals surface area contributed by atoms with Gasteiger partial charge in [0.1, 0.15) is 11.4 Å². The lowest BCUT2D eigenvalue weighted by Crippen LogP contribution is -2.51. The van der Waals surface area contributed by atoms with Crippen molar-refractivity contribution in [1.29, 1.82) is 0 Å². The molecule has 0 spiro atoms. The quantitative estimate of drug-likeness (QED) is 0.313. The Hall–Kier alpha value is -1.74. The molecule has 2 atom stereocenters. The van der Waals surface area contributed by atoms with Crippen LogP contribution in [0, 0.1) is 6.92 Å². The number of hydrogen-bond acceptors (Lipinski definition) is 4. The van der Waals surface area contributed by atoms with Gasteiger partial charge in [0, 0.05) is 31.4 Å². The van der Waals surface area contributed by atoms with Gasteiger partial charge in [-0.15, -0.1) is 24.0 Å². The van der Waals surface area contributed by atoms with Crippen molar-refractivity contribution in [3.05, 3.63) is 54.0 Å². The Labute approximate surface area is 190 Å². The van der Waals surface area contributed by atoms with Crippen LogP contribution in [-0.4, -0.2) is 43.3 Å². The average molecular weight is 512 g/mol. The van der Waals surface area contributed by atoms with E-state index in [2.05, 4.69) is 51.7 Å². The van der Waals surface area contributed by atoms with E-state index in [0.717, 1.165) is 38.4 Å². The predicted octanol–water partition coefficient (Wildman–Crippen LogP) is 3.64. The van der Waals surface area contributed by atoms with Crippen molar-refractivity contribution in [2.75, 3.05) is 31.1 Å². The molecule has 0 aliphatic carbocycles. The van der Waals surface area contributed by atoms with E-state index in [9.17, 15) is 5.11 Å². The number of halogens is 1. The Morgan fingerprint density at radius 3 is 2.72 bits per heavy atom. The summed E-state index contributed by atoms with van der Waals surface area (Å²) in [6.07, 6.45) is 3.80. The van der Waals surface area contributed by atoms with Crippen molar-refractivity contribution in [2.24, 2.45) is 4.99 Å². The van der Waals surface area contributed by atoms with Gasteiger partial charge in [0.2, 0.25) is 0 Å². The fourth-order valence-electron chi connectivity index (χ4n) is 3.49. The van der Waals surface area contributed by atoms with Crippen molar-refractivity contribution < 1.29 is 9.52 Å². The van der Waals surface area contributed by atoms with Crippen LogP contribution in [0.1, 0.15) is 38.0 Å². The summed E-state index contributed by atoms with van der Waals surface area (Å²) in [7, 11) is 0. The highest BCUT2D eigenvalue weighted by Gasteiger charge is 2.27. The molecular formula is C22H33IN4O2. The third kappa shape index (κ3) is 6.64. The van der Waals surface area contributed by atoms with Crippen LogP contribution in [0.25, 0.3) is 0 Å². The normalized spacial score (nSPS) is 19.2. The third-order valence-electron chi connectivity index (χ3n) is 5.10. The molecule has 2 heterocycles. The molecule has 0 amide bonds. The van der Waals surface area contributed by atoms with E-state index in [1.54, 1.807) is 25.3 Å². The van der Waals surface area contributed by atoms with Crippen LogP contribution in [0.15, 0.2) is 52.1 Å². The van der Waals surface area contributed by atoms with E-state index in [1.807, 2.05) is 6.92 Å². The van der Waals surface area contributed by atoms with Gasteiger partial charge < -0.3 is 25.1 Å². The molecule has 1 aromatic heterocycles. The maximum atomic E-state index is 10.6. The zero-order chi connectivity index (χ0) is 20.0. The van der Waals surface area contributed by atoms with Gasteiger partial charge in [0.05, 0.1) is 12.8 Å². The van der Waals surface area contributed by atoms with Crippen LogP contribution >= 0.6 is 24.0 Å². The molecule has 6 nitrogen and oxygen atoms in total. The van der Waals surface area contributed by atoms with E-state index in [1.165, 1.54) is 11.3 Å². The molecule has 7 heteroatoms. The zero-order valence-corrected chi connectivity index (χ0v) is 19.8. The van der Waals surface area contributed by atoms with Crippen LogP contribution < -0.4 is 15.5 Å². The third-order valence-corrected chi connectivity index (χ3v) is 5.10. The average Bonchev–Trinajstić information content (AvgIpc) is 3.23. The van der Waals surface area contributed by atoms with Crippen molar-refractivity contribution >= 4 is 35.6 Å². The van der Waals surface area contributed by atoms with Crippen molar-refractivity contribution in [3.63, 3.8) is 0 Å². The highest BCUT2D eigenvalue weighted by Crippen LogP contribution is 2.22. The second-order valence-electron chi connectivity index (χ2n) is 7.71. The molecule has 0 saturated carbocycles. The number of nitrogens with one attached hydrogen (secondary N) is 2. The number of hydrogen-bond donors (Lipinski definition) is 3. The summed E-state index contributed by atoms with van der Waals surface area (Å²) in [6, 6.07) is 12.6. The lowest BCUT2D eigenvalue weighted by molar-refractivity contribution is 0.0436. The first-order valence-corrected chi connectivity index (χ1v) is 10.1. The molecule has 1 saturated heterocycles. The number of piperidine rings is 1. The Balaban J connectivity index is 0.00000300. The van der Waals surface area contributed by atoms with E-state index in [-0.39, 0.29) is 30.5 Å². The number of aryl methyl sites for hydroxylation is 1. The SMILES string of the molecule is CCNC(=NCC(C)(O)c1ccco1)NC1CCCN(c2ccc(C)cc2)C1.I. The Kier molecular flexibility index (Phi) is 8.82. The van der Waals surface area contributed by atoms with Gasteiger partial charge in [0.15, 0.2) is 5.96 Å². The Morgan fingerprint density at radius 1 is 1.31 bits per heavy atom. The molecule has 2 unspecified atom stereocenters. The lowest BCUT2D eigenvalue weighted by atomic mass is 10.0. The molecule has 1 aliphatic heterocycles. The van der Waals surface area contributed by atoms with Crippen LogP contribution in [0.5, 0.6) is 0 Å². The van der Waals surface area contributed by atoms with Crippen molar-refractivity contribution in [3.8, 4) is 0 Å². The summed E-state index contributed by atoms with van der Waals surface area (Å²) in [5, 5.41) is 17.5. The molecule has 160 valence electrons. The van der Waals surface area contributed by atoms with Gasteiger partial charge in [-0.25, -0.2) is 4.99 Å². The number of furan rings is 1. The highest BCUT2D eigenvalue weighted by molar-refractivity contribution is 14.0. The summed E-state index contributed by atoms with van der Waals surface area (Å²) in [5.41, 5.74) is 1.41. The summed E-state index contributed by atoms with van der Waals surface area (Å²) in [6.45, 7) is 8.87. The summed E-state index contributed by atoms with van der Waals surface area (Å²) in [4.78, 5) is 7.03. The number of aliphatic hydroxyl groups is 1. The van der Waals surface area contributed by atoms with Gasteiger partial charge in [0.25, 0.3) is 0 Å². The fraction of sp³-hybridized carbons (Fsp3) is 0.500. The minimum Gasteiger partial charge on any atom is -0.466 e. The molecule has 29 heavy (non-hydrogen) atoms.